The number of nitrogens with one attached hydrogen (secondary N) is 3. The average Bonchev–Trinajstić information content (AvgIpc) is 3.32. The van der Waals surface area contributed by atoms with Crippen LogP contribution >= 0.6 is 24.0 Å². The maximum Gasteiger partial charge on any atom is 0.253 e. The van der Waals surface area contributed by atoms with Crippen molar-refractivity contribution in [3.8, 4) is 0 Å². The number of rotatable bonds is 9. The molecule has 1 heterocycles. The maximum atomic E-state index is 12.3. The lowest BCUT2D eigenvalue weighted by molar-refractivity contribution is -0.133. The first-order valence-electron chi connectivity index (χ1n) is 11.7. The molecule has 2 fully saturated rings. The standard InChI is InChI=1S/C24H38N4O3.HI/c1-5-24(6-2)20(15-21(24)30-7-3)28-23(25-4)26-16-17-10-8-11-18(14-17)27-22(29)19-12-9-13-31-19;/h8,10-11,14,19-21H,5-7,9,12-13,15-16H2,1-4H3,(H,27,29)(H2,25,26,28);1H. The van der Waals surface area contributed by atoms with Crippen LogP contribution in [0.5, 0.6) is 0 Å². The summed E-state index contributed by atoms with van der Waals surface area (Å²) in [6.45, 7) is 8.60. The van der Waals surface area contributed by atoms with Crippen molar-refractivity contribution in [1.82, 2.24) is 10.6 Å². The quantitative estimate of drug-likeness (QED) is 0.242. The Balaban J connectivity index is 0.00000363. The Kier molecular flexibility index (Phi) is 10.7. The van der Waals surface area contributed by atoms with Crippen LogP contribution in [0.2, 0.25) is 0 Å². The molecule has 32 heavy (non-hydrogen) atoms. The van der Waals surface area contributed by atoms with Crippen molar-refractivity contribution in [2.45, 2.75) is 77.7 Å². The molecule has 1 aromatic carbocycles. The molecule has 1 saturated carbocycles. The fraction of sp³-hybridized carbons (Fsp3) is 0.667. The summed E-state index contributed by atoms with van der Waals surface area (Å²) in [6, 6.07) is 8.24. The van der Waals surface area contributed by atoms with Gasteiger partial charge in [-0.1, -0.05) is 26.0 Å². The van der Waals surface area contributed by atoms with Crippen LogP contribution in [-0.2, 0) is 20.8 Å². The Hall–Kier alpha value is -1.39. The van der Waals surface area contributed by atoms with Crippen molar-refractivity contribution in [1.29, 1.82) is 0 Å². The van der Waals surface area contributed by atoms with E-state index in [4.69, 9.17) is 9.47 Å². The fourth-order valence-corrected chi connectivity index (χ4v) is 4.90. The summed E-state index contributed by atoms with van der Waals surface area (Å²) in [5.74, 6) is 0.726. The highest BCUT2D eigenvalue weighted by Gasteiger charge is 2.53. The number of carbonyl (C=O) groups excluding carboxylic acids is 1. The van der Waals surface area contributed by atoms with Gasteiger partial charge in [0.05, 0.1) is 6.10 Å². The van der Waals surface area contributed by atoms with E-state index in [1.54, 1.807) is 7.05 Å². The summed E-state index contributed by atoms with van der Waals surface area (Å²) in [7, 11) is 1.80. The van der Waals surface area contributed by atoms with Crippen LogP contribution in [0.15, 0.2) is 29.3 Å². The van der Waals surface area contributed by atoms with E-state index < -0.39 is 0 Å². The van der Waals surface area contributed by atoms with Crippen LogP contribution in [-0.4, -0.2) is 50.4 Å². The highest BCUT2D eigenvalue weighted by molar-refractivity contribution is 14.0. The summed E-state index contributed by atoms with van der Waals surface area (Å²) in [5.41, 5.74) is 2.02. The third-order valence-electron chi connectivity index (χ3n) is 6.88. The van der Waals surface area contributed by atoms with E-state index >= 15 is 0 Å². The Labute approximate surface area is 209 Å². The minimum Gasteiger partial charge on any atom is -0.378 e. The molecule has 1 aliphatic heterocycles. The minimum atomic E-state index is -0.329. The summed E-state index contributed by atoms with van der Waals surface area (Å²) in [6.07, 6.45) is 4.87. The lowest BCUT2D eigenvalue weighted by Gasteiger charge is -2.55. The molecule has 8 heteroatoms. The zero-order chi connectivity index (χ0) is 22.3. The second kappa shape index (κ2) is 12.7. The SMILES string of the molecule is CCOC1CC(NC(=NC)NCc2cccc(NC(=O)C3CCCO3)c2)C1(CC)CC.I. The first kappa shape index (κ1) is 26.9. The Morgan fingerprint density at radius 2 is 2.06 bits per heavy atom. The molecule has 1 aromatic rings. The summed E-state index contributed by atoms with van der Waals surface area (Å²) < 4.78 is 11.5. The van der Waals surface area contributed by atoms with Crippen molar-refractivity contribution in [2.75, 3.05) is 25.6 Å². The van der Waals surface area contributed by atoms with Gasteiger partial charge in [0.25, 0.3) is 5.91 Å². The molecule has 7 nitrogen and oxygen atoms in total. The number of aliphatic imine (C=N–C) groups is 1. The summed E-state index contributed by atoms with van der Waals surface area (Å²) >= 11 is 0. The van der Waals surface area contributed by atoms with Crippen molar-refractivity contribution in [3.63, 3.8) is 0 Å². The third-order valence-corrected chi connectivity index (χ3v) is 6.88. The van der Waals surface area contributed by atoms with Crippen molar-refractivity contribution >= 4 is 41.5 Å². The van der Waals surface area contributed by atoms with Crippen molar-refractivity contribution < 1.29 is 14.3 Å². The van der Waals surface area contributed by atoms with E-state index in [0.29, 0.717) is 25.3 Å². The van der Waals surface area contributed by atoms with Crippen LogP contribution in [0, 0.1) is 5.41 Å². The van der Waals surface area contributed by atoms with E-state index in [1.807, 2.05) is 24.3 Å². The highest BCUT2D eigenvalue weighted by Crippen LogP contribution is 2.48. The van der Waals surface area contributed by atoms with Gasteiger partial charge in [0.1, 0.15) is 6.10 Å². The van der Waals surface area contributed by atoms with Gasteiger partial charge < -0.3 is 25.4 Å². The fourth-order valence-electron chi connectivity index (χ4n) is 4.90. The predicted molar refractivity (Wildman–Crippen MR) is 140 cm³/mol. The molecule has 0 bridgehead atoms. The van der Waals surface area contributed by atoms with E-state index in [9.17, 15) is 4.79 Å². The number of benzene rings is 1. The monoisotopic (exact) mass is 558 g/mol. The number of carbonyl (C=O) groups is 1. The number of guanidine groups is 1. The number of hydrogen-bond acceptors (Lipinski definition) is 4. The van der Waals surface area contributed by atoms with Crippen LogP contribution < -0.4 is 16.0 Å². The Bertz CT molecular complexity index is 763. The van der Waals surface area contributed by atoms with E-state index in [0.717, 1.165) is 55.9 Å². The van der Waals surface area contributed by atoms with Gasteiger partial charge in [-0.15, -0.1) is 24.0 Å². The zero-order valence-corrected chi connectivity index (χ0v) is 22.1. The molecule has 0 radical (unpaired) electrons. The summed E-state index contributed by atoms with van der Waals surface area (Å²) in [4.78, 5) is 16.7. The first-order valence-corrected chi connectivity index (χ1v) is 11.7. The lowest BCUT2D eigenvalue weighted by Crippen LogP contribution is -2.65. The molecule has 3 N–H and O–H groups in total. The number of hydrogen-bond donors (Lipinski definition) is 3. The topological polar surface area (TPSA) is 84.0 Å². The van der Waals surface area contributed by atoms with Crippen LogP contribution in [0.4, 0.5) is 5.69 Å². The average molecular weight is 559 g/mol. The molecule has 1 aliphatic carbocycles. The van der Waals surface area contributed by atoms with E-state index in [2.05, 4.69) is 41.7 Å². The summed E-state index contributed by atoms with van der Waals surface area (Å²) in [5, 5.41) is 9.99. The second-order valence-electron chi connectivity index (χ2n) is 8.43. The minimum absolute atomic E-state index is 0. The maximum absolute atomic E-state index is 12.3. The molecular formula is C24H39IN4O3. The number of nitrogens with zero attached hydrogens (tertiary/aromatic N) is 1. The number of halogens is 1. The van der Waals surface area contributed by atoms with Gasteiger partial charge in [0.15, 0.2) is 5.96 Å². The molecule has 3 rings (SSSR count). The van der Waals surface area contributed by atoms with Gasteiger partial charge in [0, 0.05) is 44.0 Å². The van der Waals surface area contributed by atoms with Gasteiger partial charge >= 0.3 is 0 Å². The van der Waals surface area contributed by atoms with E-state index in [1.165, 1.54) is 0 Å². The molecule has 0 aromatic heterocycles. The van der Waals surface area contributed by atoms with Crippen molar-refractivity contribution in [2.24, 2.45) is 10.4 Å². The molecule has 1 amide bonds. The van der Waals surface area contributed by atoms with Crippen LogP contribution in [0.3, 0.4) is 0 Å². The molecule has 0 spiro atoms. The number of amides is 1. The predicted octanol–water partition coefficient (Wildman–Crippen LogP) is 4.07. The Morgan fingerprint density at radius 3 is 2.69 bits per heavy atom. The Morgan fingerprint density at radius 1 is 1.28 bits per heavy atom. The number of anilines is 1. The normalized spacial score (nSPS) is 24.2. The van der Waals surface area contributed by atoms with Gasteiger partial charge in [-0.25, -0.2) is 0 Å². The lowest BCUT2D eigenvalue weighted by atomic mass is 9.58. The molecular weight excluding hydrogens is 519 g/mol. The molecule has 2 aliphatic rings. The largest absolute Gasteiger partial charge is 0.378 e. The molecule has 3 atom stereocenters. The third kappa shape index (κ3) is 6.14. The van der Waals surface area contributed by atoms with Gasteiger partial charge in [-0.05, 0) is 56.7 Å². The smallest absolute Gasteiger partial charge is 0.253 e. The molecule has 3 unspecified atom stereocenters. The molecule has 180 valence electrons. The zero-order valence-electron chi connectivity index (χ0n) is 19.8. The van der Waals surface area contributed by atoms with Crippen LogP contribution in [0.1, 0.15) is 58.4 Å². The van der Waals surface area contributed by atoms with Crippen molar-refractivity contribution in [3.05, 3.63) is 29.8 Å². The second-order valence-corrected chi connectivity index (χ2v) is 8.43. The van der Waals surface area contributed by atoms with Gasteiger partial charge in [-0.2, -0.15) is 0 Å². The van der Waals surface area contributed by atoms with Crippen LogP contribution in [0.25, 0.3) is 0 Å². The highest BCUT2D eigenvalue weighted by atomic mass is 127. The number of ether oxygens (including phenoxy) is 2. The van der Waals surface area contributed by atoms with Gasteiger partial charge in [-0.3, -0.25) is 9.79 Å². The van der Waals surface area contributed by atoms with Gasteiger partial charge in [0.2, 0.25) is 0 Å². The molecule has 1 saturated heterocycles. The first-order chi connectivity index (χ1) is 15.1. The van der Waals surface area contributed by atoms with E-state index in [-0.39, 0.29) is 41.4 Å².